The highest BCUT2D eigenvalue weighted by Gasteiger charge is 2.45. The average Bonchev–Trinajstić information content (AvgIpc) is 2.97. The Balaban J connectivity index is 1.65. The van der Waals surface area contributed by atoms with Crippen LogP contribution in [0.4, 0.5) is 5.69 Å². The smallest absolute Gasteiger partial charge is 0.243 e. The Morgan fingerprint density at radius 2 is 1.41 bits per heavy atom. The van der Waals surface area contributed by atoms with Crippen molar-refractivity contribution in [1.29, 1.82) is 0 Å². The molecular weight excluding hydrogens is 390 g/mol. The summed E-state index contributed by atoms with van der Waals surface area (Å²) < 4.78 is 36.4. The zero-order valence-electron chi connectivity index (χ0n) is 15.7. The quantitative estimate of drug-likeness (QED) is 0.638. The zero-order chi connectivity index (χ0) is 20.4. The van der Waals surface area contributed by atoms with Gasteiger partial charge < -0.3 is 9.47 Å². The van der Waals surface area contributed by atoms with E-state index in [1.807, 2.05) is 30.3 Å². The van der Waals surface area contributed by atoms with Gasteiger partial charge in [0.05, 0.1) is 7.11 Å². The number of anilines is 1. The zero-order valence-corrected chi connectivity index (χ0v) is 16.5. The summed E-state index contributed by atoms with van der Waals surface area (Å²) in [6.45, 7) is 0. The van der Waals surface area contributed by atoms with E-state index in [9.17, 15) is 13.2 Å². The molecule has 1 fully saturated rings. The maximum Gasteiger partial charge on any atom is 0.243 e. The second-order valence-electron chi connectivity index (χ2n) is 6.61. The van der Waals surface area contributed by atoms with Crippen LogP contribution in [0.3, 0.4) is 0 Å². The van der Waals surface area contributed by atoms with Crippen molar-refractivity contribution in [3.05, 3.63) is 84.4 Å². The molecule has 0 spiro atoms. The number of sulfone groups is 1. The predicted molar refractivity (Wildman–Crippen MR) is 110 cm³/mol. The van der Waals surface area contributed by atoms with Gasteiger partial charge in [-0.1, -0.05) is 30.3 Å². The number of ether oxygens (including phenoxy) is 2. The van der Waals surface area contributed by atoms with Crippen LogP contribution in [0, 0.1) is 0 Å². The number of carbonyl (C=O) groups excluding carboxylic acids is 1. The molecule has 1 atom stereocenters. The van der Waals surface area contributed by atoms with Crippen LogP contribution in [0.15, 0.2) is 78.9 Å². The van der Waals surface area contributed by atoms with Crippen molar-refractivity contribution in [1.82, 2.24) is 0 Å². The van der Waals surface area contributed by atoms with E-state index >= 15 is 0 Å². The highest BCUT2D eigenvalue weighted by Crippen LogP contribution is 2.38. The van der Waals surface area contributed by atoms with Gasteiger partial charge in [-0.2, -0.15) is 0 Å². The maximum atomic E-state index is 12.7. The summed E-state index contributed by atoms with van der Waals surface area (Å²) in [4.78, 5) is 13.8. The fourth-order valence-electron chi connectivity index (χ4n) is 3.32. The van der Waals surface area contributed by atoms with Crippen molar-refractivity contribution >= 4 is 21.4 Å². The van der Waals surface area contributed by atoms with Crippen LogP contribution in [0.1, 0.15) is 10.9 Å². The molecule has 0 saturated carbocycles. The molecule has 0 aromatic heterocycles. The predicted octanol–water partition coefficient (Wildman–Crippen LogP) is 3.95. The monoisotopic (exact) mass is 409 g/mol. The van der Waals surface area contributed by atoms with Crippen LogP contribution >= 0.6 is 0 Å². The van der Waals surface area contributed by atoms with Gasteiger partial charge >= 0.3 is 0 Å². The molecule has 29 heavy (non-hydrogen) atoms. The van der Waals surface area contributed by atoms with E-state index in [-0.39, 0.29) is 0 Å². The molecule has 148 valence electrons. The summed E-state index contributed by atoms with van der Waals surface area (Å²) in [5.74, 6) is 0.917. The Morgan fingerprint density at radius 3 is 2.03 bits per heavy atom. The Labute approximate surface area is 169 Å². The lowest BCUT2D eigenvalue weighted by atomic mass is 10.1. The summed E-state index contributed by atoms with van der Waals surface area (Å²) in [5, 5.41) is -1.07. The van der Waals surface area contributed by atoms with E-state index in [1.54, 1.807) is 55.6 Å². The van der Waals surface area contributed by atoms with Crippen molar-refractivity contribution < 1.29 is 22.7 Å². The topological polar surface area (TPSA) is 72.9 Å². The van der Waals surface area contributed by atoms with Crippen LogP contribution in [0.25, 0.3) is 0 Å². The summed E-state index contributed by atoms with van der Waals surface area (Å²) in [7, 11) is -2.13. The largest absolute Gasteiger partial charge is 0.497 e. The lowest BCUT2D eigenvalue weighted by molar-refractivity contribution is -0.115. The van der Waals surface area contributed by atoms with Crippen molar-refractivity contribution in [2.24, 2.45) is 0 Å². The Bertz CT molecular complexity index is 1110. The van der Waals surface area contributed by atoms with Gasteiger partial charge in [-0.05, 0) is 54.1 Å². The first-order valence-electron chi connectivity index (χ1n) is 8.98. The highest BCUT2D eigenvalue weighted by atomic mass is 32.2. The molecule has 0 bridgehead atoms. The van der Waals surface area contributed by atoms with Gasteiger partial charge in [0, 0.05) is 5.69 Å². The van der Waals surface area contributed by atoms with Gasteiger partial charge in [0.25, 0.3) is 0 Å². The average molecular weight is 409 g/mol. The molecule has 1 saturated heterocycles. The first-order valence-corrected chi connectivity index (χ1v) is 10.7. The number of amides is 1. The van der Waals surface area contributed by atoms with E-state index in [0.29, 0.717) is 28.5 Å². The Hall–Kier alpha value is -3.32. The molecule has 1 aliphatic rings. The van der Waals surface area contributed by atoms with E-state index in [1.165, 1.54) is 4.90 Å². The molecule has 0 radical (unpaired) electrons. The molecule has 6 nitrogen and oxygen atoms in total. The minimum Gasteiger partial charge on any atom is -0.497 e. The normalized spacial score (nSPS) is 17.9. The lowest BCUT2D eigenvalue weighted by Gasteiger charge is -2.24. The maximum absolute atomic E-state index is 12.7. The number of rotatable bonds is 5. The number of nitrogens with zero attached hydrogens (tertiary/aromatic N) is 1. The van der Waals surface area contributed by atoms with Gasteiger partial charge in [-0.25, -0.2) is 8.42 Å². The summed E-state index contributed by atoms with van der Waals surface area (Å²) in [6.07, 6.45) is 0. The number of hydrogen-bond donors (Lipinski definition) is 0. The molecule has 1 amide bonds. The third-order valence-corrected chi connectivity index (χ3v) is 6.48. The minimum absolute atomic E-state index is 0.454. The summed E-state index contributed by atoms with van der Waals surface area (Å²) in [6, 6.07) is 22.8. The minimum atomic E-state index is -3.67. The molecular formula is C22H19NO5S. The molecule has 3 aromatic rings. The third-order valence-electron chi connectivity index (χ3n) is 4.66. The highest BCUT2D eigenvalue weighted by molar-refractivity contribution is 7.93. The molecule has 0 N–H and O–H groups in total. The Morgan fingerprint density at radius 1 is 0.828 bits per heavy atom. The summed E-state index contributed by atoms with van der Waals surface area (Å²) >= 11 is 0. The second kappa shape index (κ2) is 7.60. The van der Waals surface area contributed by atoms with Crippen LogP contribution < -0.4 is 14.4 Å². The number of benzene rings is 3. The standard InChI is InChI=1S/C22H19NO5S/c1-27-18-13-9-17(10-14-18)23-21(24)15-29(25,26)22(23)16-7-11-20(12-8-16)28-19-5-3-2-4-6-19/h2-14,22H,15H2,1H3/t22-/m1/s1. The molecule has 7 heteroatoms. The first kappa shape index (κ1) is 19.0. The fraction of sp³-hybridized carbons (Fsp3) is 0.136. The van der Waals surface area contributed by atoms with Gasteiger partial charge in [0.1, 0.15) is 23.0 Å². The van der Waals surface area contributed by atoms with Crippen LogP contribution in [0.2, 0.25) is 0 Å². The summed E-state index contributed by atoms with van der Waals surface area (Å²) in [5.41, 5.74) is 1.01. The van der Waals surface area contributed by atoms with Gasteiger partial charge in [-0.3, -0.25) is 9.69 Å². The molecule has 4 rings (SSSR count). The van der Waals surface area contributed by atoms with Crippen molar-refractivity contribution in [2.75, 3.05) is 17.8 Å². The van der Waals surface area contributed by atoms with E-state index in [0.717, 1.165) is 0 Å². The van der Waals surface area contributed by atoms with Gasteiger partial charge in [-0.15, -0.1) is 0 Å². The molecule has 0 unspecified atom stereocenters. The number of methoxy groups -OCH3 is 1. The SMILES string of the molecule is COc1ccc(N2C(=O)CS(=O)(=O)[C@@H]2c2ccc(Oc3ccccc3)cc2)cc1. The fourth-order valence-corrected chi connectivity index (χ4v) is 5.09. The van der Waals surface area contributed by atoms with Crippen LogP contribution in [0.5, 0.6) is 17.2 Å². The van der Waals surface area contributed by atoms with E-state index in [2.05, 4.69) is 0 Å². The molecule has 0 aliphatic carbocycles. The number of hydrogen-bond acceptors (Lipinski definition) is 5. The Kier molecular flexibility index (Phi) is 4.98. The molecule has 1 heterocycles. The van der Waals surface area contributed by atoms with E-state index < -0.39 is 26.9 Å². The molecule has 1 aliphatic heterocycles. The van der Waals surface area contributed by atoms with Crippen molar-refractivity contribution in [3.63, 3.8) is 0 Å². The second-order valence-corrected chi connectivity index (χ2v) is 8.67. The van der Waals surface area contributed by atoms with Crippen LogP contribution in [-0.4, -0.2) is 27.2 Å². The van der Waals surface area contributed by atoms with E-state index in [4.69, 9.17) is 9.47 Å². The first-order chi connectivity index (χ1) is 14.0. The lowest BCUT2D eigenvalue weighted by Crippen LogP contribution is -2.29. The van der Waals surface area contributed by atoms with Crippen molar-refractivity contribution in [3.8, 4) is 17.2 Å². The van der Waals surface area contributed by atoms with Gasteiger partial charge in [0.2, 0.25) is 5.91 Å². The van der Waals surface area contributed by atoms with Crippen LogP contribution in [-0.2, 0) is 14.6 Å². The molecule has 3 aromatic carbocycles. The number of para-hydroxylation sites is 1. The number of carbonyl (C=O) groups is 1. The third kappa shape index (κ3) is 3.82. The van der Waals surface area contributed by atoms with Crippen molar-refractivity contribution in [2.45, 2.75) is 5.37 Å². The van der Waals surface area contributed by atoms with Gasteiger partial charge in [0.15, 0.2) is 15.2 Å².